The zero-order chi connectivity index (χ0) is 13.4. The molecule has 0 fully saturated rings. The van der Waals surface area contributed by atoms with Gasteiger partial charge in [0.25, 0.3) is 5.91 Å². The highest BCUT2D eigenvalue weighted by molar-refractivity contribution is 5.94. The van der Waals surface area contributed by atoms with Crippen LogP contribution >= 0.6 is 0 Å². The van der Waals surface area contributed by atoms with Crippen molar-refractivity contribution >= 4 is 11.7 Å². The van der Waals surface area contributed by atoms with Crippen LogP contribution in [0.2, 0.25) is 0 Å². The van der Waals surface area contributed by atoms with Crippen LogP contribution in [0.1, 0.15) is 30.6 Å². The van der Waals surface area contributed by atoms with Gasteiger partial charge in [0, 0.05) is 38.1 Å². The van der Waals surface area contributed by atoms with Crippen molar-refractivity contribution in [3.05, 3.63) is 23.9 Å². The summed E-state index contributed by atoms with van der Waals surface area (Å²) >= 11 is 0. The van der Waals surface area contributed by atoms with Gasteiger partial charge in [-0.3, -0.25) is 4.79 Å². The molecule has 18 heavy (non-hydrogen) atoms. The summed E-state index contributed by atoms with van der Waals surface area (Å²) in [5.41, 5.74) is 0.616. The summed E-state index contributed by atoms with van der Waals surface area (Å²) in [6.45, 7) is 5.32. The Morgan fingerprint density at radius 2 is 2.28 bits per heavy atom. The Hall–Kier alpha value is -1.62. The Morgan fingerprint density at radius 3 is 2.94 bits per heavy atom. The summed E-state index contributed by atoms with van der Waals surface area (Å²) < 4.78 is 4.92. The maximum Gasteiger partial charge on any atom is 0.251 e. The molecule has 0 atom stereocenters. The van der Waals surface area contributed by atoms with E-state index in [1.165, 1.54) is 0 Å². The van der Waals surface area contributed by atoms with Gasteiger partial charge in [-0.1, -0.05) is 0 Å². The molecule has 0 aliphatic carbocycles. The monoisotopic (exact) mass is 251 g/mol. The van der Waals surface area contributed by atoms with Gasteiger partial charge >= 0.3 is 0 Å². The fourth-order valence-corrected chi connectivity index (χ4v) is 1.47. The predicted octanol–water partition coefficient (Wildman–Crippen LogP) is 1.67. The third kappa shape index (κ3) is 5.14. The maximum absolute atomic E-state index is 11.8. The predicted molar refractivity (Wildman–Crippen MR) is 71.8 cm³/mol. The molecule has 0 aliphatic rings. The number of nitrogens with zero attached hydrogens (tertiary/aromatic N) is 1. The number of carbonyl (C=O) groups is 1. The fourth-order valence-electron chi connectivity index (χ4n) is 1.47. The van der Waals surface area contributed by atoms with Crippen molar-refractivity contribution in [2.45, 2.75) is 26.3 Å². The molecule has 5 nitrogen and oxygen atoms in total. The SMILES string of the molecule is COCCCNC(=O)c1ccnc(NC(C)C)c1. The van der Waals surface area contributed by atoms with E-state index in [1.54, 1.807) is 25.4 Å². The molecule has 0 aliphatic heterocycles. The van der Waals surface area contributed by atoms with Gasteiger partial charge < -0.3 is 15.4 Å². The molecule has 0 unspecified atom stereocenters. The minimum Gasteiger partial charge on any atom is -0.385 e. The summed E-state index contributed by atoms with van der Waals surface area (Å²) in [6.07, 6.45) is 2.44. The number of nitrogens with one attached hydrogen (secondary N) is 2. The van der Waals surface area contributed by atoms with Crippen LogP contribution < -0.4 is 10.6 Å². The molecule has 1 rings (SSSR count). The topological polar surface area (TPSA) is 63.2 Å². The highest BCUT2D eigenvalue weighted by atomic mass is 16.5. The number of carbonyl (C=O) groups excluding carboxylic acids is 1. The number of pyridine rings is 1. The van der Waals surface area contributed by atoms with E-state index in [4.69, 9.17) is 4.74 Å². The number of anilines is 1. The van der Waals surface area contributed by atoms with Crippen molar-refractivity contribution in [2.24, 2.45) is 0 Å². The van der Waals surface area contributed by atoms with Crippen LogP contribution in [0.25, 0.3) is 0 Å². The summed E-state index contributed by atoms with van der Waals surface area (Å²) in [4.78, 5) is 16.0. The molecular formula is C13H21N3O2. The van der Waals surface area contributed by atoms with E-state index in [0.29, 0.717) is 18.7 Å². The van der Waals surface area contributed by atoms with E-state index in [0.717, 1.165) is 12.2 Å². The Labute approximate surface area is 108 Å². The molecule has 5 heteroatoms. The first-order valence-electron chi connectivity index (χ1n) is 6.13. The molecule has 0 saturated carbocycles. The molecule has 0 radical (unpaired) electrons. The largest absolute Gasteiger partial charge is 0.385 e. The molecule has 0 saturated heterocycles. The van der Waals surface area contributed by atoms with E-state index in [1.807, 2.05) is 13.8 Å². The van der Waals surface area contributed by atoms with E-state index >= 15 is 0 Å². The molecule has 1 heterocycles. The second kappa shape index (κ2) is 7.66. The van der Waals surface area contributed by atoms with Crippen LogP contribution in [0.5, 0.6) is 0 Å². The highest BCUT2D eigenvalue weighted by Crippen LogP contribution is 2.07. The molecule has 0 spiro atoms. The third-order valence-corrected chi connectivity index (χ3v) is 2.27. The standard InChI is InChI=1S/C13H21N3O2/c1-10(2)16-12-9-11(5-7-14-12)13(17)15-6-4-8-18-3/h5,7,9-10H,4,6,8H2,1-3H3,(H,14,16)(H,15,17). The molecule has 1 amide bonds. The quantitative estimate of drug-likeness (QED) is 0.724. The van der Waals surface area contributed by atoms with Crippen LogP contribution in [-0.4, -0.2) is 37.2 Å². The van der Waals surface area contributed by atoms with E-state index in [2.05, 4.69) is 15.6 Å². The fraction of sp³-hybridized carbons (Fsp3) is 0.538. The lowest BCUT2D eigenvalue weighted by Crippen LogP contribution is -2.25. The third-order valence-electron chi connectivity index (χ3n) is 2.27. The summed E-state index contributed by atoms with van der Waals surface area (Å²) in [6, 6.07) is 3.75. The van der Waals surface area contributed by atoms with Gasteiger partial charge in [0.1, 0.15) is 5.82 Å². The van der Waals surface area contributed by atoms with Crippen LogP contribution in [0.15, 0.2) is 18.3 Å². The number of hydrogen-bond donors (Lipinski definition) is 2. The van der Waals surface area contributed by atoms with Crippen molar-refractivity contribution in [3.63, 3.8) is 0 Å². The van der Waals surface area contributed by atoms with Crippen LogP contribution in [0.3, 0.4) is 0 Å². The molecular weight excluding hydrogens is 230 g/mol. The smallest absolute Gasteiger partial charge is 0.251 e. The van der Waals surface area contributed by atoms with Crippen molar-refractivity contribution in [2.75, 3.05) is 25.6 Å². The zero-order valence-corrected chi connectivity index (χ0v) is 11.2. The van der Waals surface area contributed by atoms with Crippen LogP contribution in [0, 0.1) is 0 Å². The van der Waals surface area contributed by atoms with Gasteiger partial charge in [-0.15, -0.1) is 0 Å². The zero-order valence-electron chi connectivity index (χ0n) is 11.2. The number of methoxy groups -OCH3 is 1. The molecule has 0 aromatic carbocycles. The van der Waals surface area contributed by atoms with Gasteiger partial charge in [0.2, 0.25) is 0 Å². The van der Waals surface area contributed by atoms with E-state index < -0.39 is 0 Å². The second-order valence-electron chi connectivity index (χ2n) is 4.33. The van der Waals surface area contributed by atoms with Crippen LogP contribution in [-0.2, 0) is 4.74 Å². The van der Waals surface area contributed by atoms with Crippen molar-refractivity contribution in [1.82, 2.24) is 10.3 Å². The highest BCUT2D eigenvalue weighted by Gasteiger charge is 2.06. The number of hydrogen-bond acceptors (Lipinski definition) is 4. The van der Waals surface area contributed by atoms with Gasteiger partial charge in [0.15, 0.2) is 0 Å². The van der Waals surface area contributed by atoms with Gasteiger partial charge in [0.05, 0.1) is 0 Å². The van der Waals surface area contributed by atoms with Crippen molar-refractivity contribution < 1.29 is 9.53 Å². The first kappa shape index (κ1) is 14.4. The summed E-state index contributed by atoms with van der Waals surface area (Å²) in [7, 11) is 1.65. The van der Waals surface area contributed by atoms with Crippen molar-refractivity contribution in [1.29, 1.82) is 0 Å². The van der Waals surface area contributed by atoms with Gasteiger partial charge in [-0.05, 0) is 32.4 Å². The van der Waals surface area contributed by atoms with E-state index in [-0.39, 0.29) is 11.9 Å². The number of ether oxygens (including phenoxy) is 1. The molecule has 1 aromatic rings. The van der Waals surface area contributed by atoms with Gasteiger partial charge in [-0.2, -0.15) is 0 Å². The normalized spacial score (nSPS) is 10.4. The molecule has 0 bridgehead atoms. The average molecular weight is 251 g/mol. The summed E-state index contributed by atoms with van der Waals surface area (Å²) in [5, 5.41) is 6.01. The molecule has 1 aromatic heterocycles. The second-order valence-corrected chi connectivity index (χ2v) is 4.33. The van der Waals surface area contributed by atoms with Gasteiger partial charge in [-0.25, -0.2) is 4.98 Å². The Kier molecular flexibility index (Phi) is 6.14. The first-order chi connectivity index (χ1) is 8.63. The maximum atomic E-state index is 11.8. The Bertz CT molecular complexity index is 380. The minimum atomic E-state index is -0.0830. The average Bonchev–Trinajstić information content (AvgIpc) is 2.34. The molecule has 2 N–H and O–H groups in total. The minimum absolute atomic E-state index is 0.0830. The van der Waals surface area contributed by atoms with E-state index in [9.17, 15) is 4.79 Å². The van der Waals surface area contributed by atoms with Crippen molar-refractivity contribution in [3.8, 4) is 0 Å². The number of aromatic nitrogens is 1. The lowest BCUT2D eigenvalue weighted by molar-refractivity contribution is 0.0948. The lowest BCUT2D eigenvalue weighted by Gasteiger charge is -2.10. The number of amides is 1. The number of rotatable bonds is 7. The van der Waals surface area contributed by atoms with Crippen LogP contribution in [0.4, 0.5) is 5.82 Å². The Morgan fingerprint density at radius 1 is 1.50 bits per heavy atom. The lowest BCUT2D eigenvalue weighted by atomic mass is 10.2. The Balaban J connectivity index is 2.51. The summed E-state index contributed by atoms with van der Waals surface area (Å²) in [5.74, 6) is 0.634. The first-order valence-corrected chi connectivity index (χ1v) is 6.13. The molecule has 100 valence electrons.